The van der Waals surface area contributed by atoms with Gasteiger partial charge in [-0.2, -0.15) is 0 Å². The van der Waals surface area contributed by atoms with Crippen molar-refractivity contribution in [3.8, 4) is 0 Å². The second kappa shape index (κ2) is 7.13. The SMILES string of the molecule is CCC(N)Cc1ccc(Sc2ccccc2Br)cc1. The van der Waals surface area contributed by atoms with Crippen LogP contribution in [-0.4, -0.2) is 6.04 Å². The number of halogens is 1. The van der Waals surface area contributed by atoms with Crippen LogP contribution in [0.15, 0.2) is 62.8 Å². The van der Waals surface area contributed by atoms with Gasteiger partial charge in [0.15, 0.2) is 0 Å². The van der Waals surface area contributed by atoms with Crippen molar-refractivity contribution >= 4 is 27.7 Å². The molecule has 0 aliphatic rings. The Bertz CT molecular complexity index is 525. The van der Waals surface area contributed by atoms with Crippen LogP contribution < -0.4 is 5.73 Å². The van der Waals surface area contributed by atoms with Gasteiger partial charge in [0.25, 0.3) is 0 Å². The molecule has 0 aliphatic carbocycles. The van der Waals surface area contributed by atoms with Crippen LogP contribution in [0.5, 0.6) is 0 Å². The summed E-state index contributed by atoms with van der Waals surface area (Å²) in [5.74, 6) is 0. The highest BCUT2D eigenvalue weighted by atomic mass is 79.9. The number of benzene rings is 2. The molecule has 0 bridgehead atoms. The maximum atomic E-state index is 5.98. The highest BCUT2D eigenvalue weighted by molar-refractivity contribution is 9.10. The number of hydrogen-bond donors (Lipinski definition) is 1. The summed E-state index contributed by atoms with van der Waals surface area (Å²) >= 11 is 5.34. The lowest BCUT2D eigenvalue weighted by atomic mass is 10.1. The molecule has 2 aromatic rings. The van der Waals surface area contributed by atoms with Gasteiger partial charge in [-0.25, -0.2) is 0 Å². The average Bonchev–Trinajstić information content (AvgIpc) is 2.43. The van der Waals surface area contributed by atoms with E-state index in [0.717, 1.165) is 17.3 Å². The van der Waals surface area contributed by atoms with E-state index in [2.05, 4.69) is 65.3 Å². The fourth-order valence-electron chi connectivity index (χ4n) is 1.80. The molecule has 1 atom stereocenters. The first kappa shape index (κ1) is 14.6. The van der Waals surface area contributed by atoms with Crippen LogP contribution in [0.2, 0.25) is 0 Å². The molecule has 100 valence electrons. The molecule has 2 N–H and O–H groups in total. The largest absolute Gasteiger partial charge is 0.327 e. The summed E-state index contributed by atoms with van der Waals surface area (Å²) in [4.78, 5) is 2.49. The van der Waals surface area contributed by atoms with Crippen LogP contribution in [0.4, 0.5) is 0 Å². The van der Waals surface area contributed by atoms with Gasteiger partial charge in [-0.3, -0.25) is 0 Å². The van der Waals surface area contributed by atoms with Crippen molar-refractivity contribution in [2.24, 2.45) is 5.73 Å². The van der Waals surface area contributed by atoms with Crippen molar-refractivity contribution in [1.82, 2.24) is 0 Å². The molecule has 2 rings (SSSR count). The van der Waals surface area contributed by atoms with Crippen LogP contribution in [0.3, 0.4) is 0 Å². The highest BCUT2D eigenvalue weighted by Crippen LogP contribution is 2.33. The zero-order valence-corrected chi connectivity index (χ0v) is 13.4. The van der Waals surface area contributed by atoms with Gasteiger partial charge in [0.1, 0.15) is 0 Å². The first-order chi connectivity index (χ1) is 9.19. The third-order valence-corrected chi connectivity index (χ3v) is 5.05. The Morgan fingerprint density at radius 1 is 1.11 bits per heavy atom. The van der Waals surface area contributed by atoms with E-state index in [1.165, 1.54) is 15.4 Å². The summed E-state index contributed by atoms with van der Waals surface area (Å²) in [6.45, 7) is 2.13. The predicted octanol–water partition coefficient (Wildman–Crippen LogP) is 4.88. The molecule has 0 radical (unpaired) electrons. The Morgan fingerprint density at radius 3 is 2.42 bits per heavy atom. The molecule has 0 saturated carbocycles. The second-order valence-electron chi connectivity index (χ2n) is 4.55. The van der Waals surface area contributed by atoms with Gasteiger partial charge in [0, 0.05) is 20.3 Å². The molecule has 0 aromatic heterocycles. The Kier molecular flexibility index (Phi) is 5.49. The summed E-state index contributed by atoms with van der Waals surface area (Å²) in [5, 5.41) is 0. The van der Waals surface area contributed by atoms with Gasteiger partial charge < -0.3 is 5.73 Å². The molecule has 0 fully saturated rings. The lowest BCUT2D eigenvalue weighted by molar-refractivity contribution is 0.646. The summed E-state index contributed by atoms with van der Waals surface area (Å²) in [5.41, 5.74) is 7.29. The lowest BCUT2D eigenvalue weighted by Crippen LogP contribution is -2.21. The molecule has 0 amide bonds. The molecule has 0 saturated heterocycles. The maximum Gasteiger partial charge on any atom is 0.0314 e. The van der Waals surface area contributed by atoms with E-state index in [4.69, 9.17) is 5.73 Å². The first-order valence-electron chi connectivity index (χ1n) is 6.46. The van der Waals surface area contributed by atoms with Gasteiger partial charge in [-0.15, -0.1) is 0 Å². The van der Waals surface area contributed by atoms with Gasteiger partial charge in [0.2, 0.25) is 0 Å². The van der Waals surface area contributed by atoms with Crippen molar-refractivity contribution in [3.63, 3.8) is 0 Å². The summed E-state index contributed by atoms with van der Waals surface area (Å²) < 4.78 is 1.14. The molecule has 3 heteroatoms. The first-order valence-corrected chi connectivity index (χ1v) is 8.07. The average molecular weight is 336 g/mol. The zero-order valence-electron chi connectivity index (χ0n) is 11.0. The molecule has 0 aliphatic heterocycles. The van der Waals surface area contributed by atoms with Crippen LogP contribution >= 0.6 is 27.7 Å². The molecule has 1 nitrogen and oxygen atoms in total. The number of hydrogen-bond acceptors (Lipinski definition) is 2. The third-order valence-electron chi connectivity index (χ3n) is 3.01. The van der Waals surface area contributed by atoms with Crippen molar-refractivity contribution in [3.05, 3.63) is 58.6 Å². The van der Waals surface area contributed by atoms with Gasteiger partial charge in [0.05, 0.1) is 0 Å². The van der Waals surface area contributed by atoms with Crippen molar-refractivity contribution in [1.29, 1.82) is 0 Å². The van der Waals surface area contributed by atoms with Crippen molar-refractivity contribution in [2.45, 2.75) is 35.6 Å². The van der Waals surface area contributed by atoms with Crippen LogP contribution in [0.1, 0.15) is 18.9 Å². The molecular formula is C16H18BrNS. The maximum absolute atomic E-state index is 5.98. The predicted molar refractivity (Wildman–Crippen MR) is 86.7 cm³/mol. The fraction of sp³-hybridized carbons (Fsp3) is 0.250. The smallest absolute Gasteiger partial charge is 0.0314 e. The van der Waals surface area contributed by atoms with Gasteiger partial charge >= 0.3 is 0 Å². The van der Waals surface area contributed by atoms with Crippen LogP contribution in [-0.2, 0) is 6.42 Å². The number of nitrogens with two attached hydrogens (primary N) is 1. The minimum atomic E-state index is 0.266. The lowest BCUT2D eigenvalue weighted by Gasteiger charge is -2.09. The molecule has 0 heterocycles. The van der Waals surface area contributed by atoms with E-state index < -0.39 is 0 Å². The fourth-order valence-corrected chi connectivity index (χ4v) is 3.16. The molecule has 2 aromatic carbocycles. The minimum absolute atomic E-state index is 0.266. The van der Waals surface area contributed by atoms with E-state index >= 15 is 0 Å². The molecule has 0 spiro atoms. The monoisotopic (exact) mass is 335 g/mol. The Labute approximate surface area is 127 Å². The summed E-state index contributed by atoms with van der Waals surface area (Å²) in [6.07, 6.45) is 1.98. The quantitative estimate of drug-likeness (QED) is 0.842. The van der Waals surface area contributed by atoms with Crippen LogP contribution in [0.25, 0.3) is 0 Å². The van der Waals surface area contributed by atoms with E-state index in [1.54, 1.807) is 11.8 Å². The number of rotatable bonds is 5. The normalized spacial score (nSPS) is 12.4. The summed E-state index contributed by atoms with van der Waals surface area (Å²) in [7, 11) is 0. The van der Waals surface area contributed by atoms with Crippen molar-refractivity contribution < 1.29 is 0 Å². The van der Waals surface area contributed by atoms with Crippen LogP contribution in [0, 0.1) is 0 Å². The van der Waals surface area contributed by atoms with E-state index in [-0.39, 0.29) is 6.04 Å². The zero-order chi connectivity index (χ0) is 13.7. The topological polar surface area (TPSA) is 26.0 Å². The Balaban J connectivity index is 2.05. The van der Waals surface area contributed by atoms with Gasteiger partial charge in [-0.1, -0.05) is 43.0 Å². The third kappa shape index (κ3) is 4.37. The minimum Gasteiger partial charge on any atom is -0.327 e. The second-order valence-corrected chi connectivity index (χ2v) is 6.52. The Hall–Kier alpha value is -0.770. The Morgan fingerprint density at radius 2 is 1.79 bits per heavy atom. The van der Waals surface area contributed by atoms with E-state index in [1.807, 2.05) is 6.07 Å². The van der Waals surface area contributed by atoms with Gasteiger partial charge in [-0.05, 0) is 58.6 Å². The summed E-state index contributed by atoms with van der Waals surface area (Å²) in [6, 6.07) is 17.2. The van der Waals surface area contributed by atoms with E-state index in [0.29, 0.717) is 0 Å². The van der Waals surface area contributed by atoms with Crippen molar-refractivity contribution in [2.75, 3.05) is 0 Å². The molecule has 1 unspecified atom stereocenters. The molecule has 19 heavy (non-hydrogen) atoms. The highest BCUT2D eigenvalue weighted by Gasteiger charge is 2.04. The standard InChI is InChI=1S/C16H18BrNS/c1-2-13(18)11-12-7-9-14(10-8-12)19-16-6-4-3-5-15(16)17/h3-10,13H,2,11,18H2,1H3. The van der Waals surface area contributed by atoms with E-state index in [9.17, 15) is 0 Å². The molecular weight excluding hydrogens is 318 g/mol.